The third-order valence-corrected chi connectivity index (χ3v) is 3.58. The molecule has 0 atom stereocenters. The molecule has 1 heterocycles. The van der Waals surface area contributed by atoms with E-state index >= 15 is 0 Å². The molecule has 0 spiro atoms. The first-order valence-electron chi connectivity index (χ1n) is 7.87. The van der Waals surface area contributed by atoms with Crippen LogP contribution in [0.15, 0.2) is 48.5 Å². The van der Waals surface area contributed by atoms with Crippen LogP contribution in [-0.4, -0.2) is 9.97 Å². The van der Waals surface area contributed by atoms with E-state index in [0.29, 0.717) is 24.0 Å². The Kier molecular flexibility index (Phi) is 4.88. The molecule has 3 aromatic rings. The molecule has 128 valence electrons. The van der Waals surface area contributed by atoms with Crippen molar-refractivity contribution < 1.29 is 8.78 Å². The highest BCUT2D eigenvalue weighted by atomic mass is 19.2. The number of nitrogens with zero attached hydrogens (tertiary/aromatic N) is 2. The molecular weight excluding hydrogens is 322 g/mol. The van der Waals surface area contributed by atoms with Gasteiger partial charge in [-0.05, 0) is 31.5 Å². The molecular formula is C19H18F2N4. The van der Waals surface area contributed by atoms with Crippen molar-refractivity contribution in [1.29, 1.82) is 0 Å². The Balaban J connectivity index is 1.74. The fourth-order valence-corrected chi connectivity index (χ4v) is 2.44. The Morgan fingerprint density at radius 3 is 2.52 bits per heavy atom. The van der Waals surface area contributed by atoms with Gasteiger partial charge in [0.1, 0.15) is 5.82 Å². The van der Waals surface area contributed by atoms with Crippen molar-refractivity contribution in [2.75, 3.05) is 10.6 Å². The van der Waals surface area contributed by atoms with Crippen molar-refractivity contribution in [1.82, 2.24) is 9.97 Å². The molecule has 4 nitrogen and oxygen atoms in total. The molecule has 0 saturated carbocycles. The molecule has 0 bridgehead atoms. The van der Waals surface area contributed by atoms with Crippen molar-refractivity contribution in [3.05, 3.63) is 77.0 Å². The lowest BCUT2D eigenvalue weighted by Crippen LogP contribution is -2.06. The van der Waals surface area contributed by atoms with Gasteiger partial charge >= 0.3 is 0 Å². The summed E-state index contributed by atoms with van der Waals surface area (Å²) in [6.45, 7) is 4.47. The summed E-state index contributed by atoms with van der Waals surface area (Å²) in [5, 5.41) is 6.14. The molecule has 0 unspecified atom stereocenters. The van der Waals surface area contributed by atoms with Gasteiger partial charge in [-0.15, -0.1) is 0 Å². The van der Waals surface area contributed by atoms with Crippen LogP contribution in [0.4, 0.5) is 26.2 Å². The minimum Gasteiger partial charge on any atom is -0.350 e. The number of anilines is 3. The van der Waals surface area contributed by atoms with Gasteiger partial charge in [-0.25, -0.2) is 13.8 Å². The van der Waals surface area contributed by atoms with E-state index in [1.54, 1.807) is 6.07 Å². The normalized spacial score (nSPS) is 10.6. The summed E-state index contributed by atoms with van der Waals surface area (Å²) in [5.41, 5.74) is 3.49. The van der Waals surface area contributed by atoms with Crippen LogP contribution in [0, 0.1) is 25.5 Å². The lowest BCUT2D eigenvalue weighted by Gasteiger charge is -2.10. The van der Waals surface area contributed by atoms with Gasteiger partial charge in [-0.1, -0.05) is 29.8 Å². The second-order valence-electron chi connectivity index (χ2n) is 5.81. The average molecular weight is 340 g/mol. The molecule has 1 aromatic heterocycles. The Bertz CT molecular complexity index is 896. The van der Waals surface area contributed by atoms with Crippen LogP contribution >= 0.6 is 0 Å². The van der Waals surface area contributed by atoms with Gasteiger partial charge in [-0.3, -0.25) is 0 Å². The first kappa shape index (κ1) is 16.8. The largest absolute Gasteiger partial charge is 0.350 e. The summed E-state index contributed by atoms with van der Waals surface area (Å²) >= 11 is 0. The molecule has 6 heteroatoms. The minimum absolute atomic E-state index is 0.418. The highest BCUT2D eigenvalue weighted by molar-refractivity contribution is 5.57. The van der Waals surface area contributed by atoms with E-state index in [1.165, 1.54) is 11.6 Å². The Hall–Kier alpha value is -3.02. The van der Waals surface area contributed by atoms with Crippen LogP contribution < -0.4 is 10.6 Å². The smallest absolute Gasteiger partial charge is 0.225 e. The third kappa shape index (κ3) is 4.50. The van der Waals surface area contributed by atoms with Crippen LogP contribution in [-0.2, 0) is 6.54 Å². The number of nitrogens with one attached hydrogen (secondary N) is 2. The van der Waals surface area contributed by atoms with Gasteiger partial charge in [0.05, 0.1) is 0 Å². The molecule has 0 amide bonds. The molecule has 0 saturated heterocycles. The molecule has 2 aromatic carbocycles. The predicted octanol–water partition coefficient (Wildman–Crippen LogP) is 4.73. The van der Waals surface area contributed by atoms with Crippen molar-refractivity contribution in [3.63, 3.8) is 0 Å². The maximum absolute atomic E-state index is 13.3. The number of rotatable bonds is 5. The van der Waals surface area contributed by atoms with Crippen molar-refractivity contribution in [3.8, 4) is 0 Å². The molecule has 3 rings (SSSR count). The summed E-state index contributed by atoms with van der Waals surface area (Å²) in [7, 11) is 0. The lowest BCUT2D eigenvalue weighted by atomic mass is 10.1. The van der Waals surface area contributed by atoms with Crippen molar-refractivity contribution >= 4 is 17.5 Å². The molecule has 25 heavy (non-hydrogen) atoms. The van der Waals surface area contributed by atoms with E-state index in [9.17, 15) is 8.78 Å². The first-order chi connectivity index (χ1) is 12.0. The molecule has 0 fully saturated rings. The van der Waals surface area contributed by atoms with E-state index in [-0.39, 0.29) is 0 Å². The van der Waals surface area contributed by atoms with Crippen molar-refractivity contribution in [2.45, 2.75) is 20.4 Å². The fraction of sp³-hybridized carbons (Fsp3) is 0.158. The standard InChI is InChI=1S/C19H18F2N4/c1-12-4-3-5-14(8-12)11-22-19-23-13(2)9-18(25-19)24-15-6-7-16(20)17(21)10-15/h3-10H,11H2,1-2H3,(H2,22,23,24,25). The summed E-state index contributed by atoms with van der Waals surface area (Å²) in [4.78, 5) is 8.72. The number of hydrogen-bond donors (Lipinski definition) is 2. The monoisotopic (exact) mass is 340 g/mol. The first-order valence-corrected chi connectivity index (χ1v) is 7.87. The van der Waals surface area contributed by atoms with Crippen molar-refractivity contribution in [2.24, 2.45) is 0 Å². The topological polar surface area (TPSA) is 49.8 Å². The van der Waals surface area contributed by atoms with Gasteiger partial charge in [0.2, 0.25) is 5.95 Å². The predicted molar refractivity (Wildman–Crippen MR) is 94.9 cm³/mol. The average Bonchev–Trinajstić information content (AvgIpc) is 2.56. The van der Waals surface area contributed by atoms with E-state index < -0.39 is 11.6 Å². The number of halogens is 2. The molecule has 0 radical (unpaired) electrons. The van der Waals surface area contributed by atoms with Crippen LogP contribution in [0.2, 0.25) is 0 Å². The van der Waals surface area contributed by atoms with E-state index in [2.05, 4.69) is 26.7 Å². The van der Waals surface area contributed by atoms with Crippen LogP contribution in [0.25, 0.3) is 0 Å². The molecule has 0 aliphatic heterocycles. The van der Waals surface area contributed by atoms with Gasteiger partial charge in [0.15, 0.2) is 11.6 Å². The maximum Gasteiger partial charge on any atom is 0.225 e. The van der Waals surface area contributed by atoms with Crippen LogP contribution in [0.1, 0.15) is 16.8 Å². The van der Waals surface area contributed by atoms with Gasteiger partial charge < -0.3 is 10.6 Å². The second kappa shape index (κ2) is 7.25. The Morgan fingerprint density at radius 1 is 0.920 bits per heavy atom. The SMILES string of the molecule is Cc1cccc(CNc2nc(C)cc(Nc3ccc(F)c(F)c3)n2)c1. The van der Waals surface area contributed by atoms with E-state index in [4.69, 9.17) is 0 Å². The third-order valence-electron chi connectivity index (χ3n) is 3.58. The maximum atomic E-state index is 13.3. The summed E-state index contributed by atoms with van der Waals surface area (Å²) < 4.78 is 26.3. The lowest BCUT2D eigenvalue weighted by molar-refractivity contribution is 0.509. The zero-order valence-electron chi connectivity index (χ0n) is 14.0. The highest BCUT2D eigenvalue weighted by Gasteiger charge is 2.06. The van der Waals surface area contributed by atoms with Gasteiger partial charge in [0, 0.05) is 30.1 Å². The molecule has 2 N–H and O–H groups in total. The van der Waals surface area contributed by atoms with Crippen LogP contribution in [0.3, 0.4) is 0 Å². The summed E-state index contributed by atoms with van der Waals surface area (Å²) in [6, 6.07) is 13.5. The number of aromatic nitrogens is 2. The quantitative estimate of drug-likeness (QED) is 0.705. The second-order valence-corrected chi connectivity index (χ2v) is 5.81. The van der Waals surface area contributed by atoms with E-state index in [1.807, 2.05) is 32.0 Å². The zero-order chi connectivity index (χ0) is 17.8. The van der Waals surface area contributed by atoms with Crippen LogP contribution in [0.5, 0.6) is 0 Å². The number of hydrogen-bond acceptors (Lipinski definition) is 4. The number of benzene rings is 2. The Morgan fingerprint density at radius 2 is 1.76 bits per heavy atom. The molecule has 0 aliphatic carbocycles. The zero-order valence-corrected chi connectivity index (χ0v) is 14.0. The highest BCUT2D eigenvalue weighted by Crippen LogP contribution is 2.19. The fourth-order valence-electron chi connectivity index (χ4n) is 2.44. The molecule has 0 aliphatic rings. The minimum atomic E-state index is -0.909. The number of aryl methyl sites for hydroxylation is 2. The van der Waals surface area contributed by atoms with E-state index in [0.717, 1.165) is 23.4 Å². The van der Waals surface area contributed by atoms with Gasteiger partial charge in [0.25, 0.3) is 0 Å². The Labute approximate surface area is 145 Å². The van der Waals surface area contributed by atoms with Gasteiger partial charge in [-0.2, -0.15) is 4.98 Å². The summed E-state index contributed by atoms with van der Waals surface area (Å²) in [6.07, 6.45) is 0. The summed E-state index contributed by atoms with van der Waals surface area (Å²) in [5.74, 6) is -0.824.